The first-order valence-electron chi connectivity index (χ1n) is 9.36. The van der Waals surface area contributed by atoms with Crippen molar-refractivity contribution >= 4 is 29.6 Å². The highest BCUT2D eigenvalue weighted by atomic mass is 35.5. The molecule has 29 heavy (non-hydrogen) atoms. The van der Waals surface area contributed by atoms with Gasteiger partial charge in [0.05, 0.1) is 5.69 Å². The highest BCUT2D eigenvalue weighted by Crippen LogP contribution is 2.34. The molecule has 2 aromatic rings. The number of aliphatic hydroxyl groups is 1. The topological polar surface area (TPSA) is 126 Å². The van der Waals surface area contributed by atoms with Crippen molar-refractivity contribution in [3.63, 3.8) is 0 Å². The van der Waals surface area contributed by atoms with Crippen LogP contribution in [0.3, 0.4) is 0 Å². The molecular formula is C18H20ClN7O3. The Labute approximate surface area is 171 Å². The smallest absolute Gasteiger partial charge is 0.272 e. The van der Waals surface area contributed by atoms with Crippen LogP contribution >= 0.6 is 11.6 Å². The van der Waals surface area contributed by atoms with Gasteiger partial charge >= 0.3 is 0 Å². The van der Waals surface area contributed by atoms with Gasteiger partial charge in [-0.05, 0) is 46.5 Å². The lowest BCUT2D eigenvalue weighted by molar-refractivity contribution is -0.146. The Kier molecular flexibility index (Phi) is 5.54. The molecule has 2 aliphatic rings. The van der Waals surface area contributed by atoms with Gasteiger partial charge in [0.1, 0.15) is 18.5 Å². The number of aliphatic hydroxyl groups excluding tert-OH is 1. The number of hydrazone groups is 1. The van der Waals surface area contributed by atoms with Crippen LogP contribution in [0.2, 0.25) is 5.02 Å². The molecular weight excluding hydrogens is 398 g/mol. The summed E-state index contributed by atoms with van der Waals surface area (Å²) in [6.07, 6.45) is 4.59. The van der Waals surface area contributed by atoms with Gasteiger partial charge in [-0.15, -0.1) is 5.10 Å². The highest BCUT2D eigenvalue weighted by molar-refractivity contribution is 6.30. The largest absolute Gasteiger partial charge is 0.383 e. The number of rotatable bonds is 7. The Hall–Kier alpha value is -2.85. The molecule has 0 radical (unpaired) electrons. The van der Waals surface area contributed by atoms with Gasteiger partial charge in [0.25, 0.3) is 5.91 Å². The zero-order chi connectivity index (χ0) is 20.4. The molecule has 10 nitrogen and oxygen atoms in total. The van der Waals surface area contributed by atoms with Crippen LogP contribution in [0.5, 0.6) is 0 Å². The monoisotopic (exact) mass is 417 g/mol. The summed E-state index contributed by atoms with van der Waals surface area (Å²) in [5, 5.41) is 29.6. The summed E-state index contributed by atoms with van der Waals surface area (Å²) in [6.45, 7) is 0.164. The summed E-state index contributed by atoms with van der Waals surface area (Å²) in [4.78, 5) is 25.2. The summed E-state index contributed by atoms with van der Waals surface area (Å²) in [6, 6.07) is 4.39. The second-order valence-corrected chi connectivity index (χ2v) is 7.61. The number of hydrogen-bond donors (Lipinski definition) is 2. The van der Waals surface area contributed by atoms with E-state index in [1.165, 1.54) is 17.2 Å². The molecule has 1 aliphatic carbocycles. The molecule has 2 amide bonds. The van der Waals surface area contributed by atoms with Crippen LogP contribution in [-0.2, 0) is 16.1 Å². The van der Waals surface area contributed by atoms with E-state index in [0.717, 1.165) is 17.9 Å². The Morgan fingerprint density at radius 1 is 1.34 bits per heavy atom. The molecule has 4 rings (SSSR count). The van der Waals surface area contributed by atoms with Crippen molar-refractivity contribution in [3.05, 3.63) is 35.1 Å². The number of carbonyl (C=O) groups is 2. The van der Waals surface area contributed by atoms with Crippen LogP contribution in [0, 0.1) is 5.92 Å². The third-order valence-corrected chi connectivity index (χ3v) is 5.22. The zero-order valence-corrected chi connectivity index (χ0v) is 16.2. The van der Waals surface area contributed by atoms with E-state index in [1.54, 1.807) is 18.2 Å². The molecule has 1 fully saturated rings. The Morgan fingerprint density at radius 2 is 2.17 bits per heavy atom. The number of amides is 2. The highest BCUT2D eigenvalue weighted by Gasteiger charge is 2.37. The van der Waals surface area contributed by atoms with Gasteiger partial charge in [0.2, 0.25) is 5.91 Å². The van der Waals surface area contributed by atoms with Crippen molar-refractivity contribution < 1.29 is 14.7 Å². The van der Waals surface area contributed by atoms with Gasteiger partial charge in [-0.3, -0.25) is 9.59 Å². The van der Waals surface area contributed by atoms with Crippen molar-refractivity contribution in [2.45, 2.75) is 44.4 Å². The van der Waals surface area contributed by atoms with E-state index in [4.69, 9.17) is 11.6 Å². The average Bonchev–Trinajstić information content (AvgIpc) is 3.18. The maximum Gasteiger partial charge on any atom is 0.272 e. The molecule has 0 spiro atoms. The van der Waals surface area contributed by atoms with Crippen LogP contribution in [-0.4, -0.2) is 60.5 Å². The number of benzene rings is 1. The summed E-state index contributed by atoms with van der Waals surface area (Å²) >= 11 is 6.09. The van der Waals surface area contributed by atoms with Gasteiger partial charge in [-0.1, -0.05) is 24.4 Å². The SMILES string of the molecule is O=C(NCc1cc(Cl)ccc1-n1cnnn1)C1CC=NN1C(=O)[C@H](O)CC1CC1. The van der Waals surface area contributed by atoms with Crippen LogP contribution < -0.4 is 5.32 Å². The van der Waals surface area contributed by atoms with Crippen LogP contribution in [0.15, 0.2) is 29.6 Å². The zero-order valence-electron chi connectivity index (χ0n) is 15.5. The van der Waals surface area contributed by atoms with Gasteiger partial charge in [0.15, 0.2) is 0 Å². The standard InChI is InChI=1S/C18H20ClN7O3/c19-13-3-4-14(25-10-21-23-24-25)12(8-13)9-20-17(28)15-5-6-22-26(15)18(29)16(27)7-11-1-2-11/h3-4,6,8,10-11,15-16,27H,1-2,5,7,9H2,(H,20,28)/t15?,16-/m1/s1. The summed E-state index contributed by atoms with van der Waals surface area (Å²) in [7, 11) is 0. The average molecular weight is 418 g/mol. The molecule has 2 N–H and O–H groups in total. The normalized spacial score (nSPS) is 19.4. The fraction of sp³-hybridized carbons (Fsp3) is 0.444. The van der Waals surface area contributed by atoms with E-state index in [1.807, 2.05) is 0 Å². The van der Waals surface area contributed by atoms with Gasteiger partial charge < -0.3 is 10.4 Å². The molecule has 0 saturated heterocycles. The Balaban J connectivity index is 1.42. The molecule has 2 heterocycles. The number of aromatic nitrogens is 4. The summed E-state index contributed by atoms with van der Waals surface area (Å²) in [5.41, 5.74) is 1.39. The van der Waals surface area contributed by atoms with Gasteiger partial charge in [-0.25, -0.2) is 9.69 Å². The number of tetrazole rings is 1. The molecule has 1 aliphatic heterocycles. The van der Waals surface area contributed by atoms with E-state index in [0.29, 0.717) is 35.0 Å². The van der Waals surface area contributed by atoms with Crippen LogP contribution in [0.4, 0.5) is 0 Å². The van der Waals surface area contributed by atoms with Gasteiger partial charge in [0, 0.05) is 24.2 Å². The number of nitrogens with one attached hydrogen (secondary N) is 1. The lowest BCUT2D eigenvalue weighted by atomic mass is 10.1. The number of hydrogen-bond acceptors (Lipinski definition) is 7. The van der Waals surface area contributed by atoms with Gasteiger partial charge in [-0.2, -0.15) is 5.10 Å². The van der Waals surface area contributed by atoms with E-state index >= 15 is 0 Å². The van der Waals surface area contributed by atoms with Crippen molar-refractivity contribution in [1.29, 1.82) is 0 Å². The first-order chi connectivity index (χ1) is 14.0. The fourth-order valence-electron chi connectivity index (χ4n) is 3.26. The molecule has 1 aromatic heterocycles. The first-order valence-corrected chi connectivity index (χ1v) is 9.74. The number of nitrogens with zero attached hydrogens (tertiary/aromatic N) is 6. The fourth-order valence-corrected chi connectivity index (χ4v) is 3.45. The maximum atomic E-state index is 12.7. The first kappa shape index (κ1) is 19.5. The second-order valence-electron chi connectivity index (χ2n) is 7.17. The lowest BCUT2D eigenvalue weighted by Gasteiger charge is -2.23. The second kappa shape index (κ2) is 8.26. The molecule has 11 heteroatoms. The Bertz CT molecular complexity index is 930. The van der Waals surface area contributed by atoms with E-state index in [9.17, 15) is 14.7 Å². The molecule has 1 unspecified atom stereocenters. The molecule has 152 valence electrons. The van der Waals surface area contributed by atoms with Crippen molar-refractivity contribution in [3.8, 4) is 5.69 Å². The van der Waals surface area contributed by atoms with E-state index < -0.39 is 18.1 Å². The van der Waals surface area contributed by atoms with E-state index in [2.05, 4.69) is 25.9 Å². The predicted octanol–water partition coefficient (Wildman–Crippen LogP) is 0.680. The minimum atomic E-state index is -1.13. The third kappa shape index (κ3) is 4.43. The Morgan fingerprint density at radius 3 is 2.90 bits per heavy atom. The maximum absolute atomic E-state index is 12.7. The molecule has 0 bridgehead atoms. The number of halogens is 1. The van der Waals surface area contributed by atoms with E-state index in [-0.39, 0.29) is 12.5 Å². The van der Waals surface area contributed by atoms with Crippen molar-refractivity contribution in [1.82, 2.24) is 30.5 Å². The summed E-state index contributed by atoms with van der Waals surface area (Å²) in [5.74, 6) is -0.514. The third-order valence-electron chi connectivity index (χ3n) is 4.99. The minimum Gasteiger partial charge on any atom is -0.383 e. The minimum absolute atomic E-state index is 0.164. The quantitative estimate of drug-likeness (QED) is 0.682. The molecule has 2 atom stereocenters. The predicted molar refractivity (Wildman–Crippen MR) is 103 cm³/mol. The number of carbonyl (C=O) groups excluding carboxylic acids is 2. The molecule has 1 saturated carbocycles. The molecule has 1 aromatic carbocycles. The van der Waals surface area contributed by atoms with Crippen LogP contribution in [0.1, 0.15) is 31.2 Å². The van der Waals surface area contributed by atoms with Crippen molar-refractivity contribution in [2.75, 3.05) is 0 Å². The van der Waals surface area contributed by atoms with Crippen molar-refractivity contribution in [2.24, 2.45) is 11.0 Å². The summed E-state index contributed by atoms with van der Waals surface area (Å²) < 4.78 is 1.47. The van der Waals surface area contributed by atoms with Crippen LogP contribution in [0.25, 0.3) is 5.69 Å². The lowest BCUT2D eigenvalue weighted by Crippen LogP contribution is -2.47.